The Hall–Kier alpha value is -2.04. The highest BCUT2D eigenvalue weighted by atomic mass is 35.5. The third kappa shape index (κ3) is 4.35. The van der Waals surface area contributed by atoms with Gasteiger partial charge in [0.1, 0.15) is 5.01 Å². The Morgan fingerprint density at radius 2 is 1.87 bits per heavy atom. The van der Waals surface area contributed by atoms with Gasteiger partial charge >= 0.3 is 0 Å². The molecule has 1 fully saturated rings. The standard InChI is InChI=1S/C19H16Cl2N4O3S2/c20-12-6-8-14(9-7-12)22-17(26)19-24-23-18(29-19)16-5-2-10-25(16)30(27,28)15-4-1-3-13(21)11-15/h1,3-4,6-9,11,16H,2,5,10H2,(H,22,26). The number of rotatable bonds is 5. The topological polar surface area (TPSA) is 92.3 Å². The first-order valence-electron chi connectivity index (χ1n) is 9.02. The number of carbonyl (C=O) groups is 1. The van der Waals surface area contributed by atoms with Gasteiger partial charge in [-0.2, -0.15) is 4.31 Å². The van der Waals surface area contributed by atoms with Gasteiger partial charge in [0.25, 0.3) is 5.91 Å². The molecule has 11 heteroatoms. The summed E-state index contributed by atoms with van der Waals surface area (Å²) in [6.45, 7) is 0.366. The van der Waals surface area contributed by atoms with E-state index in [0.717, 1.165) is 11.3 Å². The van der Waals surface area contributed by atoms with E-state index in [2.05, 4.69) is 15.5 Å². The van der Waals surface area contributed by atoms with Crippen LogP contribution in [0.4, 0.5) is 5.69 Å². The van der Waals surface area contributed by atoms with E-state index in [4.69, 9.17) is 23.2 Å². The van der Waals surface area contributed by atoms with E-state index in [0.29, 0.717) is 40.1 Å². The van der Waals surface area contributed by atoms with Crippen molar-refractivity contribution >= 4 is 56.2 Å². The summed E-state index contributed by atoms with van der Waals surface area (Å²) in [6.07, 6.45) is 1.30. The molecule has 3 aromatic rings. The van der Waals surface area contributed by atoms with Gasteiger partial charge in [0, 0.05) is 22.3 Å². The molecule has 0 bridgehead atoms. The third-order valence-corrected chi connectivity index (χ3v) is 8.04. The zero-order valence-corrected chi connectivity index (χ0v) is 18.6. The molecule has 2 heterocycles. The number of nitrogens with zero attached hydrogens (tertiary/aromatic N) is 3. The molecule has 1 unspecified atom stereocenters. The summed E-state index contributed by atoms with van der Waals surface area (Å²) in [5.74, 6) is -0.414. The van der Waals surface area contributed by atoms with Crippen LogP contribution >= 0.6 is 34.5 Å². The maximum atomic E-state index is 13.1. The number of aromatic nitrogens is 2. The molecule has 0 saturated carbocycles. The van der Waals surface area contributed by atoms with Gasteiger partial charge in [0.2, 0.25) is 15.0 Å². The van der Waals surface area contributed by atoms with Gasteiger partial charge in [-0.15, -0.1) is 10.2 Å². The lowest BCUT2D eigenvalue weighted by atomic mass is 10.2. The van der Waals surface area contributed by atoms with Crippen LogP contribution in [0.3, 0.4) is 0 Å². The van der Waals surface area contributed by atoms with Gasteiger partial charge < -0.3 is 5.32 Å². The molecule has 1 atom stereocenters. The lowest BCUT2D eigenvalue weighted by Gasteiger charge is -2.22. The fraction of sp³-hybridized carbons (Fsp3) is 0.211. The Morgan fingerprint density at radius 1 is 1.10 bits per heavy atom. The van der Waals surface area contributed by atoms with Gasteiger partial charge in [0.05, 0.1) is 10.9 Å². The molecule has 0 aliphatic carbocycles. The number of sulfonamides is 1. The molecule has 1 amide bonds. The molecule has 7 nitrogen and oxygen atoms in total. The molecule has 1 aliphatic heterocycles. The van der Waals surface area contributed by atoms with E-state index >= 15 is 0 Å². The maximum absolute atomic E-state index is 13.1. The van der Waals surface area contributed by atoms with Crippen LogP contribution in [0.2, 0.25) is 10.0 Å². The molecule has 0 spiro atoms. The van der Waals surface area contributed by atoms with Gasteiger partial charge in [-0.05, 0) is 55.3 Å². The Balaban J connectivity index is 1.55. The first-order valence-corrected chi connectivity index (χ1v) is 12.0. The first-order chi connectivity index (χ1) is 14.3. The second-order valence-electron chi connectivity index (χ2n) is 6.64. The molecule has 0 radical (unpaired) electrons. The van der Waals surface area contributed by atoms with Crippen LogP contribution in [0.1, 0.15) is 33.7 Å². The Morgan fingerprint density at radius 3 is 2.60 bits per heavy atom. The highest BCUT2D eigenvalue weighted by Crippen LogP contribution is 2.38. The first kappa shape index (κ1) is 21.2. The van der Waals surface area contributed by atoms with Crippen molar-refractivity contribution < 1.29 is 13.2 Å². The molecule has 4 rings (SSSR count). The van der Waals surface area contributed by atoms with Crippen molar-refractivity contribution in [3.05, 3.63) is 68.6 Å². The second-order valence-corrected chi connectivity index (χ2v) is 10.4. The van der Waals surface area contributed by atoms with Crippen LogP contribution in [-0.4, -0.2) is 35.4 Å². The van der Waals surface area contributed by atoms with E-state index in [-0.39, 0.29) is 9.90 Å². The number of hydrogen-bond acceptors (Lipinski definition) is 6. The minimum absolute atomic E-state index is 0.132. The second kappa shape index (κ2) is 8.60. The average molecular weight is 483 g/mol. The van der Waals surface area contributed by atoms with Crippen LogP contribution in [0.15, 0.2) is 53.4 Å². The largest absolute Gasteiger partial charge is 0.320 e. The number of benzene rings is 2. The van der Waals surface area contributed by atoms with Gasteiger partial charge in [-0.25, -0.2) is 8.42 Å². The van der Waals surface area contributed by atoms with Crippen molar-refractivity contribution in [3.8, 4) is 0 Å². The lowest BCUT2D eigenvalue weighted by Crippen LogP contribution is -2.30. The average Bonchev–Trinajstić information content (AvgIpc) is 3.39. The summed E-state index contributed by atoms with van der Waals surface area (Å²) >= 11 is 12.9. The van der Waals surface area contributed by atoms with Crippen LogP contribution in [0.25, 0.3) is 0 Å². The molecular weight excluding hydrogens is 467 g/mol. The van der Waals surface area contributed by atoms with Crippen LogP contribution < -0.4 is 5.32 Å². The molecule has 2 aromatic carbocycles. The third-order valence-electron chi connectivity index (χ3n) is 4.63. The summed E-state index contributed by atoms with van der Waals surface area (Å²) in [5.41, 5.74) is 0.576. The van der Waals surface area contributed by atoms with Crippen molar-refractivity contribution in [1.29, 1.82) is 0 Å². The van der Waals surface area contributed by atoms with E-state index in [9.17, 15) is 13.2 Å². The van der Waals surface area contributed by atoms with E-state index in [1.807, 2.05) is 0 Å². The number of amides is 1. The summed E-state index contributed by atoms with van der Waals surface area (Å²) in [7, 11) is -3.75. The molecule has 1 saturated heterocycles. The lowest BCUT2D eigenvalue weighted by molar-refractivity contribution is 0.102. The van der Waals surface area contributed by atoms with E-state index in [1.165, 1.54) is 16.4 Å². The van der Waals surface area contributed by atoms with Crippen molar-refractivity contribution in [2.24, 2.45) is 0 Å². The van der Waals surface area contributed by atoms with E-state index in [1.54, 1.807) is 36.4 Å². The van der Waals surface area contributed by atoms with Crippen molar-refractivity contribution in [1.82, 2.24) is 14.5 Å². The molecule has 30 heavy (non-hydrogen) atoms. The Kier molecular flexibility index (Phi) is 6.08. The van der Waals surface area contributed by atoms with E-state index < -0.39 is 22.0 Å². The highest BCUT2D eigenvalue weighted by molar-refractivity contribution is 7.89. The fourth-order valence-corrected chi connectivity index (χ4v) is 6.26. The van der Waals surface area contributed by atoms with Gasteiger partial charge in [-0.1, -0.05) is 40.6 Å². The fourth-order valence-electron chi connectivity index (χ4n) is 3.22. The van der Waals surface area contributed by atoms with Crippen LogP contribution in [-0.2, 0) is 10.0 Å². The van der Waals surface area contributed by atoms with Crippen molar-refractivity contribution in [2.75, 3.05) is 11.9 Å². The minimum atomic E-state index is -3.75. The summed E-state index contributed by atoms with van der Waals surface area (Å²) < 4.78 is 27.6. The zero-order chi connectivity index (χ0) is 21.3. The number of carbonyl (C=O) groups excluding carboxylic acids is 1. The van der Waals surface area contributed by atoms with Gasteiger partial charge in [0.15, 0.2) is 0 Å². The predicted molar refractivity (Wildman–Crippen MR) is 117 cm³/mol. The maximum Gasteiger partial charge on any atom is 0.286 e. The van der Waals surface area contributed by atoms with Crippen LogP contribution in [0.5, 0.6) is 0 Å². The Labute approximate surface area is 187 Å². The zero-order valence-electron chi connectivity index (χ0n) is 15.5. The Bertz CT molecular complexity index is 1180. The molecular formula is C19H16Cl2N4O3S2. The quantitative estimate of drug-likeness (QED) is 0.572. The number of anilines is 1. The smallest absolute Gasteiger partial charge is 0.286 e. The number of halogens is 2. The molecule has 1 aromatic heterocycles. The summed E-state index contributed by atoms with van der Waals surface area (Å²) in [4.78, 5) is 12.6. The summed E-state index contributed by atoms with van der Waals surface area (Å²) in [5, 5.41) is 12.4. The molecule has 156 valence electrons. The molecule has 1 aliphatic rings. The van der Waals surface area contributed by atoms with Crippen LogP contribution in [0, 0.1) is 0 Å². The van der Waals surface area contributed by atoms with Crippen molar-refractivity contribution in [2.45, 2.75) is 23.8 Å². The highest BCUT2D eigenvalue weighted by Gasteiger charge is 2.38. The monoisotopic (exact) mass is 482 g/mol. The summed E-state index contributed by atoms with van der Waals surface area (Å²) in [6, 6.07) is 12.4. The van der Waals surface area contributed by atoms with Crippen molar-refractivity contribution in [3.63, 3.8) is 0 Å². The minimum Gasteiger partial charge on any atom is -0.320 e. The SMILES string of the molecule is O=C(Nc1ccc(Cl)cc1)c1nnc(C2CCCN2S(=O)(=O)c2cccc(Cl)c2)s1. The molecule has 1 N–H and O–H groups in total. The predicted octanol–water partition coefficient (Wildman–Crippen LogP) is 4.62. The van der Waals surface area contributed by atoms with Gasteiger partial charge in [-0.3, -0.25) is 4.79 Å². The number of nitrogens with one attached hydrogen (secondary N) is 1. The number of hydrogen-bond donors (Lipinski definition) is 1. The normalized spacial score (nSPS) is 17.2.